The number of nitrogens with one attached hydrogen (secondary N) is 1. The van der Waals surface area contributed by atoms with E-state index in [1.807, 2.05) is 0 Å². The van der Waals surface area contributed by atoms with E-state index < -0.39 is 0 Å². The molecule has 1 N–H and O–H groups in total. The second kappa shape index (κ2) is 9.25. The highest BCUT2D eigenvalue weighted by atomic mass is 35.5. The third kappa shape index (κ3) is 4.99. The van der Waals surface area contributed by atoms with Crippen molar-refractivity contribution in [1.82, 2.24) is 4.90 Å². The van der Waals surface area contributed by atoms with Gasteiger partial charge < -0.3 is 15.0 Å². The quantitative estimate of drug-likeness (QED) is 0.777. The van der Waals surface area contributed by atoms with Crippen LogP contribution >= 0.6 is 11.6 Å². The summed E-state index contributed by atoms with van der Waals surface area (Å²) in [5.41, 5.74) is 1.44. The van der Waals surface area contributed by atoms with Crippen molar-refractivity contribution in [3.8, 4) is 5.75 Å². The zero-order valence-corrected chi connectivity index (χ0v) is 16.0. The summed E-state index contributed by atoms with van der Waals surface area (Å²) in [5, 5.41) is 3.28. The number of halogens is 1. The van der Waals surface area contributed by atoms with Crippen LogP contribution < -0.4 is 10.1 Å². The first-order valence-electron chi connectivity index (χ1n) is 8.46. The molecule has 5 nitrogen and oxygen atoms in total. The molecule has 0 bridgehead atoms. The van der Waals surface area contributed by atoms with Crippen LogP contribution in [0.2, 0.25) is 5.02 Å². The van der Waals surface area contributed by atoms with Crippen molar-refractivity contribution in [1.29, 1.82) is 0 Å². The zero-order valence-electron chi connectivity index (χ0n) is 15.2. The molecule has 2 aromatic rings. The molecule has 0 aliphatic carbocycles. The third-order valence-electron chi connectivity index (χ3n) is 3.97. The van der Waals surface area contributed by atoms with Crippen LogP contribution in [0.4, 0.5) is 5.69 Å². The van der Waals surface area contributed by atoms with Crippen molar-refractivity contribution in [2.24, 2.45) is 0 Å². The number of carbonyl (C=O) groups is 2. The number of amides is 2. The Kier molecular flexibility index (Phi) is 7.04. The van der Waals surface area contributed by atoms with Crippen LogP contribution in [-0.2, 0) is 0 Å². The number of ether oxygens (including phenoxy) is 1. The van der Waals surface area contributed by atoms with Crippen LogP contribution in [0, 0.1) is 0 Å². The summed E-state index contributed by atoms with van der Waals surface area (Å²) in [5.74, 6) is -0.0115. The van der Waals surface area contributed by atoms with Gasteiger partial charge in [-0.3, -0.25) is 9.59 Å². The number of rotatable bonds is 7. The van der Waals surface area contributed by atoms with Crippen LogP contribution in [0.5, 0.6) is 5.75 Å². The molecule has 2 amide bonds. The van der Waals surface area contributed by atoms with E-state index in [9.17, 15) is 9.59 Å². The molecule has 0 saturated heterocycles. The Morgan fingerprint density at radius 3 is 2.65 bits per heavy atom. The van der Waals surface area contributed by atoms with Gasteiger partial charge in [0.15, 0.2) is 0 Å². The van der Waals surface area contributed by atoms with E-state index >= 15 is 0 Å². The van der Waals surface area contributed by atoms with E-state index in [1.54, 1.807) is 54.4 Å². The summed E-state index contributed by atoms with van der Waals surface area (Å²) in [4.78, 5) is 26.7. The van der Waals surface area contributed by atoms with Gasteiger partial charge in [-0.05, 0) is 42.8 Å². The largest absolute Gasteiger partial charge is 0.496 e. The van der Waals surface area contributed by atoms with E-state index in [2.05, 4.69) is 12.2 Å². The van der Waals surface area contributed by atoms with E-state index in [0.29, 0.717) is 34.1 Å². The summed E-state index contributed by atoms with van der Waals surface area (Å²) in [6.07, 6.45) is 1.98. The molecule has 2 rings (SSSR count). The van der Waals surface area contributed by atoms with Gasteiger partial charge in [0.05, 0.1) is 12.7 Å². The summed E-state index contributed by atoms with van der Waals surface area (Å²) >= 11 is 5.93. The van der Waals surface area contributed by atoms with Crippen molar-refractivity contribution < 1.29 is 14.3 Å². The molecule has 6 heteroatoms. The fourth-order valence-corrected chi connectivity index (χ4v) is 2.66. The van der Waals surface area contributed by atoms with Crippen LogP contribution in [0.1, 0.15) is 40.5 Å². The molecule has 0 radical (unpaired) electrons. The normalized spacial score (nSPS) is 10.3. The van der Waals surface area contributed by atoms with Crippen LogP contribution in [0.15, 0.2) is 42.5 Å². The predicted molar refractivity (Wildman–Crippen MR) is 104 cm³/mol. The van der Waals surface area contributed by atoms with E-state index in [1.165, 1.54) is 7.11 Å². The molecule has 0 aromatic heterocycles. The van der Waals surface area contributed by atoms with Gasteiger partial charge in [0.1, 0.15) is 5.75 Å². The first-order chi connectivity index (χ1) is 12.5. The summed E-state index contributed by atoms with van der Waals surface area (Å²) < 4.78 is 5.21. The van der Waals surface area contributed by atoms with E-state index in [-0.39, 0.29) is 11.8 Å². The number of hydrogen-bond donors (Lipinski definition) is 1. The summed E-state index contributed by atoms with van der Waals surface area (Å²) in [6, 6.07) is 11.7. The molecule has 0 saturated carbocycles. The van der Waals surface area contributed by atoms with Gasteiger partial charge in [-0.25, -0.2) is 0 Å². The highest BCUT2D eigenvalue weighted by Gasteiger charge is 2.15. The number of unbranched alkanes of at least 4 members (excludes halogenated alkanes) is 1. The van der Waals surface area contributed by atoms with Crippen molar-refractivity contribution in [2.75, 3.05) is 26.0 Å². The lowest BCUT2D eigenvalue weighted by Gasteiger charge is -2.17. The lowest BCUT2D eigenvalue weighted by atomic mass is 10.1. The SMILES string of the molecule is CCCCN(C)C(=O)c1cccc(NC(=O)c2ccc(Cl)cc2OC)c1. The second-order valence-corrected chi connectivity index (χ2v) is 6.40. The Bertz CT molecular complexity index is 792. The standard InChI is InChI=1S/C20H23ClN2O3/c1-4-5-11-23(2)20(25)14-7-6-8-16(12-14)22-19(24)17-10-9-15(21)13-18(17)26-3/h6-10,12-13H,4-5,11H2,1-3H3,(H,22,24). The van der Waals surface area contributed by atoms with Crippen molar-refractivity contribution in [3.63, 3.8) is 0 Å². The minimum Gasteiger partial charge on any atom is -0.496 e. The summed E-state index contributed by atoms with van der Waals surface area (Å²) in [6.45, 7) is 2.79. The number of nitrogens with zero attached hydrogens (tertiary/aromatic N) is 1. The molecule has 138 valence electrons. The molecule has 0 heterocycles. The fraction of sp³-hybridized carbons (Fsp3) is 0.300. The maximum absolute atomic E-state index is 12.5. The zero-order chi connectivity index (χ0) is 19.1. The molecule has 0 atom stereocenters. The minimum absolute atomic E-state index is 0.0707. The monoisotopic (exact) mass is 374 g/mol. The number of carbonyl (C=O) groups excluding carboxylic acids is 2. The van der Waals surface area contributed by atoms with Crippen LogP contribution in [0.3, 0.4) is 0 Å². The maximum atomic E-state index is 12.5. The first kappa shape index (κ1) is 19.8. The fourth-order valence-electron chi connectivity index (χ4n) is 2.50. The highest BCUT2D eigenvalue weighted by Crippen LogP contribution is 2.24. The van der Waals surface area contributed by atoms with E-state index in [0.717, 1.165) is 12.8 Å². The van der Waals surface area contributed by atoms with Gasteiger partial charge in [-0.15, -0.1) is 0 Å². The van der Waals surface area contributed by atoms with Crippen LogP contribution in [0.25, 0.3) is 0 Å². The molecule has 0 aliphatic heterocycles. The highest BCUT2D eigenvalue weighted by molar-refractivity contribution is 6.31. The Morgan fingerprint density at radius 2 is 1.96 bits per heavy atom. The summed E-state index contributed by atoms with van der Waals surface area (Å²) in [7, 11) is 3.26. The number of benzene rings is 2. The van der Waals surface area contributed by atoms with Crippen molar-refractivity contribution in [2.45, 2.75) is 19.8 Å². The van der Waals surface area contributed by atoms with Gasteiger partial charge in [-0.1, -0.05) is 31.0 Å². The Hall–Kier alpha value is -2.53. The van der Waals surface area contributed by atoms with Gasteiger partial charge >= 0.3 is 0 Å². The number of methoxy groups -OCH3 is 1. The van der Waals surface area contributed by atoms with Gasteiger partial charge in [0.2, 0.25) is 0 Å². The van der Waals surface area contributed by atoms with E-state index in [4.69, 9.17) is 16.3 Å². The Labute approximate surface area is 158 Å². The van der Waals surface area contributed by atoms with Gasteiger partial charge in [-0.2, -0.15) is 0 Å². The average molecular weight is 375 g/mol. The molecule has 0 spiro atoms. The predicted octanol–water partition coefficient (Wildman–Crippen LogP) is 4.47. The van der Waals surface area contributed by atoms with Crippen LogP contribution in [-0.4, -0.2) is 37.4 Å². The molecule has 0 aliphatic rings. The van der Waals surface area contributed by atoms with Gasteiger partial charge in [0, 0.05) is 29.9 Å². The second-order valence-electron chi connectivity index (χ2n) is 5.96. The number of hydrogen-bond acceptors (Lipinski definition) is 3. The lowest BCUT2D eigenvalue weighted by molar-refractivity contribution is 0.0793. The maximum Gasteiger partial charge on any atom is 0.259 e. The topological polar surface area (TPSA) is 58.6 Å². The first-order valence-corrected chi connectivity index (χ1v) is 8.84. The third-order valence-corrected chi connectivity index (χ3v) is 4.20. The molecule has 2 aromatic carbocycles. The lowest BCUT2D eigenvalue weighted by Crippen LogP contribution is -2.27. The molecular formula is C20H23ClN2O3. The van der Waals surface area contributed by atoms with Crippen molar-refractivity contribution >= 4 is 29.1 Å². The Balaban J connectivity index is 2.16. The molecule has 0 fully saturated rings. The van der Waals surface area contributed by atoms with Crippen molar-refractivity contribution in [3.05, 3.63) is 58.6 Å². The van der Waals surface area contributed by atoms with Gasteiger partial charge in [0.25, 0.3) is 11.8 Å². The average Bonchev–Trinajstić information content (AvgIpc) is 2.65. The molecule has 26 heavy (non-hydrogen) atoms. The Morgan fingerprint density at radius 1 is 1.19 bits per heavy atom. The minimum atomic E-state index is -0.331. The number of anilines is 1. The molecule has 0 unspecified atom stereocenters. The smallest absolute Gasteiger partial charge is 0.259 e. The molecular weight excluding hydrogens is 352 g/mol.